The van der Waals surface area contributed by atoms with Gasteiger partial charge >= 0.3 is 6.09 Å². The lowest BCUT2D eigenvalue weighted by Crippen LogP contribution is -2.52. The molecular formula is C35H46ClN9O6. The van der Waals surface area contributed by atoms with Gasteiger partial charge < -0.3 is 35.5 Å². The molecule has 3 aromatic heterocycles. The molecule has 0 radical (unpaired) electrons. The normalized spacial score (nSPS) is 16.4. The average molecular weight is 724 g/mol. The third-order valence-corrected chi connectivity index (χ3v) is 9.18. The van der Waals surface area contributed by atoms with E-state index in [0.29, 0.717) is 72.2 Å². The number of halogens is 1. The third kappa shape index (κ3) is 8.10. The minimum Gasteiger partial charge on any atom is -0.496 e. The molecule has 16 heteroatoms. The first-order valence-electron chi connectivity index (χ1n) is 16.7. The quantitative estimate of drug-likeness (QED) is 0.187. The van der Waals surface area contributed by atoms with Gasteiger partial charge in [0.1, 0.15) is 16.5 Å². The average Bonchev–Trinajstić information content (AvgIpc) is 3.47. The number of β-amino-alcohol motifs (C(OH)–C–C–N with tert-alkyl or cyclic N) is 1. The van der Waals surface area contributed by atoms with Crippen molar-refractivity contribution < 1.29 is 29.0 Å². The van der Waals surface area contributed by atoms with E-state index in [4.69, 9.17) is 26.8 Å². The number of hydrogen-bond acceptors (Lipinski definition) is 11. The fourth-order valence-electron chi connectivity index (χ4n) is 6.38. The summed E-state index contributed by atoms with van der Waals surface area (Å²) in [6.07, 6.45) is 2.14. The van der Waals surface area contributed by atoms with Crippen molar-refractivity contribution >= 4 is 52.9 Å². The maximum Gasteiger partial charge on any atom is 0.410 e. The van der Waals surface area contributed by atoms with Crippen LogP contribution >= 0.6 is 11.6 Å². The number of anilines is 2. The van der Waals surface area contributed by atoms with Crippen molar-refractivity contribution in [1.29, 1.82) is 0 Å². The van der Waals surface area contributed by atoms with Gasteiger partial charge in [-0.1, -0.05) is 11.6 Å². The van der Waals surface area contributed by atoms with E-state index in [9.17, 15) is 19.5 Å². The van der Waals surface area contributed by atoms with Crippen LogP contribution < -0.4 is 20.7 Å². The molecule has 3 amide bonds. The largest absolute Gasteiger partial charge is 0.496 e. The minimum absolute atomic E-state index is 0.0184. The molecule has 15 nitrogen and oxygen atoms in total. The van der Waals surface area contributed by atoms with Gasteiger partial charge in [0.25, 0.3) is 11.8 Å². The first-order chi connectivity index (χ1) is 24.0. The number of methoxy groups -OCH3 is 1. The molecule has 0 aliphatic carbocycles. The summed E-state index contributed by atoms with van der Waals surface area (Å²) in [6, 6.07) is 0. The maximum atomic E-state index is 14.0. The number of rotatable bonds is 9. The monoisotopic (exact) mass is 723 g/mol. The number of nitrogens with zero attached hydrogens (tertiary/aromatic N) is 6. The Balaban J connectivity index is 1.29. The van der Waals surface area contributed by atoms with Crippen LogP contribution in [0.5, 0.6) is 5.75 Å². The Morgan fingerprint density at radius 1 is 1.14 bits per heavy atom. The molecule has 0 saturated carbocycles. The SMILES string of the molecule is COc1c(C)cnc(CN2C(=O)/C(=C\c3[nH]c(C)c(C(=O)NCC(O)CN4CCN(C(=O)OC(C)(C)C)CC4)c3C)c3c(Cl)nc(N)nc32)c1C. The number of aromatic amines is 1. The van der Waals surface area contributed by atoms with Crippen molar-refractivity contribution in [3.8, 4) is 5.75 Å². The lowest BCUT2D eigenvalue weighted by molar-refractivity contribution is -0.113. The summed E-state index contributed by atoms with van der Waals surface area (Å²) in [7, 11) is 1.58. The first kappa shape index (κ1) is 37.5. The van der Waals surface area contributed by atoms with E-state index in [2.05, 4.69) is 25.3 Å². The summed E-state index contributed by atoms with van der Waals surface area (Å²) in [4.78, 5) is 61.2. The number of aliphatic hydroxyl groups excluding tert-OH is 1. The number of fused-ring (bicyclic) bond motifs is 1. The Kier molecular flexibility index (Phi) is 10.9. The molecule has 1 unspecified atom stereocenters. The van der Waals surface area contributed by atoms with E-state index >= 15 is 0 Å². The molecule has 5 N–H and O–H groups in total. The zero-order valence-corrected chi connectivity index (χ0v) is 31.1. The van der Waals surface area contributed by atoms with Gasteiger partial charge in [-0.25, -0.2) is 9.78 Å². The highest BCUT2D eigenvalue weighted by molar-refractivity contribution is 6.41. The molecule has 3 aromatic rings. The zero-order valence-electron chi connectivity index (χ0n) is 30.3. The van der Waals surface area contributed by atoms with Gasteiger partial charge in [0, 0.05) is 68.0 Å². The molecule has 2 aliphatic heterocycles. The van der Waals surface area contributed by atoms with E-state index in [0.717, 1.165) is 11.1 Å². The van der Waals surface area contributed by atoms with Crippen molar-refractivity contribution in [2.24, 2.45) is 0 Å². The smallest absolute Gasteiger partial charge is 0.410 e. The molecule has 51 heavy (non-hydrogen) atoms. The summed E-state index contributed by atoms with van der Waals surface area (Å²) in [5.74, 6) is 0.0873. The second kappa shape index (κ2) is 14.9. The van der Waals surface area contributed by atoms with E-state index in [1.54, 1.807) is 38.1 Å². The Hall–Kier alpha value is -4.73. The second-order valence-electron chi connectivity index (χ2n) is 13.9. The highest BCUT2D eigenvalue weighted by Gasteiger charge is 2.38. The second-order valence-corrected chi connectivity index (χ2v) is 14.2. The predicted octanol–water partition coefficient (Wildman–Crippen LogP) is 3.41. The number of H-pyrrole nitrogens is 1. The molecule has 1 atom stereocenters. The van der Waals surface area contributed by atoms with Crippen LogP contribution in [-0.4, -0.2) is 111 Å². The van der Waals surface area contributed by atoms with Crippen molar-refractivity contribution in [3.05, 3.63) is 56.2 Å². The van der Waals surface area contributed by atoms with E-state index in [1.165, 1.54) is 4.90 Å². The zero-order chi connectivity index (χ0) is 37.4. The van der Waals surface area contributed by atoms with Crippen LogP contribution in [0, 0.1) is 27.7 Å². The third-order valence-electron chi connectivity index (χ3n) is 8.90. The summed E-state index contributed by atoms with van der Waals surface area (Å²) >= 11 is 6.57. The Bertz CT molecular complexity index is 1880. The number of carbonyl (C=O) groups excluding carboxylic acids is 3. The molecule has 274 valence electrons. The molecule has 5 heterocycles. The fourth-order valence-corrected chi connectivity index (χ4v) is 6.65. The van der Waals surface area contributed by atoms with Crippen LogP contribution in [0.4, 0.5) is 16.6 Å². The van der Waals surface area contributed by atoms with E-state index < -0.39 is 11.7 Å². The van der Waals surface area contributed by atoms with Crippen LogP contribution in [-0.2, 0) is 16.1 Å². The van der Waals surface area contributed by atoms with Crippen molar-refractivity contribution in [1.82, 2.24) is 35.1 Å². The lowest BCUT2D eigenvalue weighted by Gasteiger charge is -2.36. The number of piperazine rings is 1. The number of aromatic nitrogens is 4. The van der Waals surface area contributed by atoms with Gasteiger partial charge in [-0.15, -0.1) is 0 Å². The lowest BCUT2D eigenvalue weighted by atomic mass is 10.1. The van der Waals surface area contributed by atoms with Gasteiger partial charge in [0.05, 0.1) is 42.2 Å². The highest BCUT2D eigenvalue weighted by Crippen LogP contribution is 2.42. The highest BCUT2D eigenvalue weighted by atomic mass is 35.5. The number of aliphatic hydroxyl groups is 1. The number of amides is 3. The number of nitrogens with one attached hydrogen (secondary N) is 2. The molecule has 1 fully saturated rings. The molecular weight excluding hydrogens is 678 g/mol. The van der Waals surface area contributed by atoms with E-state index in [1.807, 2.05) is 39.5 Å². The van der Waals surface area contributed by atoms with Gasteiger partial charge in [-0.05, 0) is 60.1 Å². The number of hydrogen-bond donors (Lipinski definition) is 4. The fraction of sp³-hybridized carbons (Fsp3) is 0.486. The number of pyridine rings is 1. The van der Waals surface area contributed by atoms with Gasteiger partial charge in [0.2, 0.25) is 5.95 Å². The number of carbonyl (C=O) groups is 3. The summed E-state index contributed by atoms with van der Waals surface area (Å²) in [5, 5.41) is 13.6. The molecule has 0 aromatic carbocycles. The molecule has 0 spiro atoms. The number of nitrogens with two attached hydrogens (primary N) is 1. The molecule has 1 saturated heterocycles. The molecule has 5 rings (SSSR count). The van der Waals surface area contributed by atoms with Crippen molar-refractivity contribution in [2.45, 2.75) is 66.7 Å². The van der Waals surface area contributed by atoms with Crippen molar-refractivity contribution in [2.75, 3.05) is 57.0 Å². The molecule has 2 aliphatic rings. The van der Waals surface area contributed by atoms with Crippen LogP contribution in [0.3, 0.4) is 0 Å². The van der Waals surface area contributed by atoms with Crippen molar-refractivity contribution in [3.63, 3.8) is 0 Å². The standard InChI is InChI=1S/C35H46ClN9O6/c1-18-14-38-25(20(3)28(18)50-8)17-45-30-27(29(36)41-33(37)42-30)23(32(45)48)13-24-19(2)26(21(4)40-24)31(47)39-15-22(46)16-43-9-11-44(12-10-43)34(49)51-35(5,6)7/h13-14,22,40,46H,9-12,15-17H2,1-8H3,(H,39,47)(H2,37,41,42)/b23-13-. The summed E-state index contributed by atoms with van der Waals surface area (Å²) < 4.78 is 11.0. The minimum atomic E-state index is -0.831. The summed E-state index contributed by atoms with van der Waals surface area (Å²) in [6.45, 7) is 15.4. The number of ether oxygens (including phenoxy) is 2. The Morgan fingerprint density at radius 3 is 2.47 bits per heavy atom. The Morgan fingerprint density at radius 2 is 1.82 bits per heavy atom. The van der Waals surface area contributed by atoms with Gasteiger partial charge in [0.15, 0.2) is 5.82 Å². The van der Waals surface area contributed by atoms with Crippen LogP contribution in [0.1, 0.15) is 70.5 Å². The van der Waals surface area contributed by atoms with Gasteiger partial charge in [-0.3, -0.25) is 24.4 Å². The maximum absolute atomic E-state index is 14.0. The number of nitrogen functional groups attached to an aromatic ring is 1. The first-order valence-corrected chi connectivity index (χ1v) is 17.1. The van der Waals surface area contributed by atoms with Crippen LogP contribution in [0.2, 0.25) is 5.15 Å². The van der Waals surface area contributed by atoms with E-state index in [-0.39, 0.29) is 53.5 Å². The van der Waals surface area contributed by atoms with Crippen LogP contribution in [0.15, 0.2) is 6.20 Å². The predicted molar refractivity (Wildman–Crippen MR) is 194 cm³/mol. The Labute approximate surface area is 302 Å². The topological polar surface area (TPSA) is 192 Å². The number of aryl methyl sites for hydroxylation is 2. The van der Waals surface area contributed by atoms with Crippen LogP contribution in [0.25, 0.3) is 11.6 Å². The molecule has 0 bridgehead atoms. The summed E-state index contributed by atoms with van der Waals surface area (Å²) in [5.41, 5.74) is 10.3. The van der Waals surface area contributed by atoms with Gasteiger partial charge in [-0.2, -0.15) is 4.98 Å².